The standard InChI is InChI=1S/C29H35ClN2O2/c30-25-10-8-21(9-11-25)16-26(27(33)31-12-4-7-20-5-2-1-3-6-20)32-28(34)29-17-22-13-23(18-29)15-24(14-22)19-29/h1-3,5-6,8-11,22-24,26H,4,7,12-19H2,(H,31,33)(H,32,34)/t22?,23?,24?,26-,29?/m0/s1. The molecule has 4 aliphatic rings. The number of carbonyl (C=O) groups excluding carboxylic acids is 2. The maximum Gasteiger partial charge on any atom is 0.242 e. The van der Waals surface area contributed by atoms with Gasteiger partial charge in [-0.2, -0.15) is 0 Å². The van der Waals surface area contributed by atoms with E-state index in [2.05, 4.69) is 22.8 Å². The predicted molar refractivity (Wildman–Crippen MR) is 135 cm³/mol. The lowest BCUT2D eigenvalue weighted by atomic mass is 9.49. The Balaban J connectivity index is 1.23. The number of carbonyl (C=O) groups is 2. The molecule has 5 heteroatoms. The Kier molecular flexibility index (Phi) is 6.96. The molecular weight excluding hydrogens is 444 g/mol. The third kappa shape index (κ3) is 5.33. The van der Waals surface area contributed by atoms with Crippen molar-refractivity contribution in [2.24, 2.45) is 23.2 Å². The van der Waals surface area contributed by atoms with Gasteiger partial charge in [-0.1, -0.05) is 54.1 Å². The number of aryl methyl sites for hydroxylation is 1. The minimum Gasteiger partial charge on any atom is -0.354 e. The molecule has 2 aromatic carbocycles. The van der Waals surface area contributed by atoms with Crippen LogP contribution >= 0.6 is 11.6 Å². The van der Waals surface area contributed by atoms with Gasteiger partial charge in [0, 0.05) is 23.4 Å². The first kappa shape index (κ1) is 23.4. The molecule has 2 aromatic rings. The van der Waals surface area contributed by atoms with Gasteiger partial charge in [-0.05, 0) is 92.4 Å². The molecule has 2 amide bonds. The second kappa shape index (κ2) is 10.1. The summed E-state index contributed by atoms with van der Waals surface area (Å²) in [6, 6.07) is 17.3. The van der Waals surface area contributed by atoms with Gasteiger partial charge in [0.05, 0.1) is 0 Å². The molecule has 0 radical (unpaired) electrons. The van der Waals surface area contributed by atoms with E-state index in [0.717, 1.165) is 37.7 Å². The van der Waals surface area contributed by atoms with E-state index in [0.29, 0.717) is 35.7 Å². The minimum absolute atomic E-state index is 0.0962. The smallest absolute Gasteiger partial charge is 0.242 e. The van der Waals surface area contributed by atoms with Crippen LogP contribution < -0.4 is 10.6 Å². The highest BCUT2D eigenvalue weighted by molar-refractivity contribution is 6.30. The van der Waals surface area contributed by atoms with Gasteiger partial charge >= 0.3 is 0 Å². The molecular formula is C29H35ClN2O2. The highest BCUT2D eigenvalue weighted by atomic mass is 35.5. The zero-order chi connectivity index (χ0) is 23.5. The summed E-state index contributed by atoms with van der Waals surface area (Å²) in [6.45, 7) is 0.595. The van der Waals surface area contributed by atoms with E-state index in [1.54, 1.807) is 0 Å². The molecule has 0 aliphatic heterocycles. The first-order valence-corrected chi connectivity index (χ1v) is 13.2. The number of hydrogen-bond donors (Lipinski definition) is 2. The summed E-state index contributed by atoms with van der Waals surface area (Å²) in [4.78, 5) is 26.9. The van der Waals surface area contributed by atoms with Crippen molar-refractivity contribution in [2.75, 3.05) is 6.54 Å². The van der Waals surface area contributed by atoms with Crippen molar-refractivity contribution < 1.29 is 9.59 Å². The summed E-state index contributed by atoms with van der Waals surface area (Å²) in [7, 11) is 0. The SMILES string of the molecule is O=C(NCCCc1ccccc1)[C@H](Cc1ccc(Cl)cc1)NC(=O)C12CC3CC(CC(C3)C1)C2. The molecule has 6 rings (SSSR count). The Labute approximate surface area is 207 Å². The topological polar surface area (TPSA) is 58.2 Å². The number of halogens is 1. The minimum atomic E-state index is -0.571. The zero-order valence-corrected chi connectivity index (χ0v) is 20.5. The van der Waals surface area contributed by atoms with Crippen LogP contribution in [-0.2, 0) is 22.4 Å². The summed E-state index contributed by atoms with van der Waals surface area (Å²) in [6.07, 6.45) is 9.13. The van der Waals surface area contributed by atoms with E-state index in [1.807, 2.05) is 42.5 Å². The quantitative estimate of drug-likeness (QED) is 0.478. The Hall–Kier alpha value is -2.33. The normalized spacial score (nSPS) is 27.9. The van der Waals surface area contributed by atoms with E-state index < -0.39 is 6.04 Å². The monoisotopic (exact) mass is 478 g/mol. The van der Waals surface area contributed by atoms with Crippen molar-refractivity contribution in [2.45, 2.75) is 63.8 Å². The number of nitrogens with one attached hydrogen (secondary N) is 2. The molecule has 2 N–H and O–H groups in total. The Morgan fingerprint density at radius 3 is 2.12 bits per heavy atom. The van der Waals surface area contributed by atoms with E-state index in [4.69, 9.17) is 11.6 Å². The van der Waals surface area contributed by atoms with Gasteiger partial charge < -0.3 is 10.6 Å². The molecule has 0 spiro atoms. The second-order valence-corrected chi connectivity index (χ2v) is 11.4. The summed E-state index contributed by atoms with van der Waals surface area (Å²) in [5, 5.41) is 6.97. The van der Waals surface area contributed by atoms with E-state index >= 15 is 0 Å². The van der Waals surface area contributed by atoms with Gasteiger partial charge in [0.25, 0.3) is 0 Å². The van der Waals surface area contributed by atoms with E-state index in [9.17, 15) is 9.59 Å². The highest BCUT2D eigenvalue weighted by Crippen LogP contribution is 2.60. The maximum atomic E-state index is 13.7. The molecule has 4 aliphatic carbocycles. The first-order valence-electron chi connectivity index (χ1n) is 12.9. The van der Waals surface area contributed by atoms with Crippen molar-refractivity contribution in [3.63, 3.8) is 0 Å². The second-order valence-electron chi connectivity index (χ2n) is 10.9. The molecule has 1 atom stereocenters. The van der Waals surface area contributed by atoms with Crippen LogP contribution in [0, 0.1) is 23.2 Å². The molecule has 4 saturated carbocycles. The predicted octanol–water partition coefficient (Wildman–Crippen LogP) is 5.33. The van der Waals surface area contributed by atoms with Gasteiger partial charge in [0.1, 0.15) is 6.04 Å². The molecule has 4 nitrogen and oxygen atoms in total. The van der Waals surface area contributed by atoms with Gasteiger partial charge in [0.15, 0.2) is 0 Å². The molecule has 180 valence electrons. The number of rotatable bonds is 9. The molecule has 34 heavy (non-hydrogen) atoms. The van der Waals surface area contributed by atoms with Gasteiger partial charge in [-0.25, -0.2) is 0 Å². The maximum absolute atomic E-state index is 13.7. The van der Waals surface area contributed by atoms with Crippen molar-refractivity contribution >= 4 is 23.4 Å². The van der Waals surface area contributed by atoms with E-state index in [1.165, 1.54) is 24.8 Å². The molecule has 0 heterocycles. The molecule has 0 saturated heterocycles. The van der Waals surface area contributed by atoms with Crippen LogP contribution in [0.5, 0.6) is 0 Å². The zero-order valence-electron chi connectivity index (χ0n) is 19.8. The number of benzene rings is 2. The summed E-state index contributed by atoms with van der Waals surface area (Å²) >= 11 is 6.06. The third-order valence-electron chi connectivity index (χ3n) is 8.28. The third-order valence-corrected chi connectivity index (χ3v) is 8.53. The largest absolute Gasteiger partial charge is 0.354 e. The number of amides is 2. The number of hydrogen-bond acceptors (Lipinski definition) is 2. The summed E-state index contributed by atoms with van der Waals surface area (Å²) in [5.74, 6) is 2.08. The lowest BCUT2D eigenvalue weighted by molar-refractivity contribution is -0.148. The van der Waals surface area contributed by atoms with Crippen molar-refractivity contribution in [3.05, 3.63) is 70.7 Å². The molecule has 0 unspecified atom stereocenters. The average Bonchev–Trinajstić information content (AvgIpc) is 2.82. The lowest BCUT2D eigenvalue weighted by Crippen LogP contribution is -2.57. The van der Waals surface area contributed by atoms with Gasteiger partial charge in [-0.15, -0.1) is 0 Å². The van der Waals surface area contributed by atoms with Gasteiger partial charge in [0.2, 0.25) is 11.8 Å². The Morgan fingerprint density at radius 1 is 0.882 bits per heavy atom. The van der Waals surface area contributed by atoms with Crippen LogP contribution in [0.3, 0.4) is 0 Å². The fourth-order valence-corrected chi connectivity index (χ4v) is 7.16. The Morgan fingerprint density at radius 2 is 1.50 bits per heavy atom. The van der Waals surface area contributed by atoms with Crippen LogP contribution in [0.1, 0.15) is 56.1 Å². The van der Waals surface area contributed by atoms with Crippen LogP contribution in [0.2, 0.25) is 5.02 Å². The summed E-state index contributed by atoms with van der Waals surface area (Å²) in [5.41, 5.74) is 2.00. The van der Waals surface area contributed by atoms with E-state index in [-0.39, 0.29) is 17.2 Å². The average molecular weight is 479 g/mol. The van der Waals surface area contributed by atoms with Gasteiger partial charge in [-0.3, -0.25) is 9.59 Å². The van der Waals surface area contributed by atoms with Crippen molar-refractivity contribution in [1.29, 1.82) is 0 Å². The molecule has 4 bridgehead atoms. The fourth-order valence-electron chi connectivity index (χ4n) is 7.04. The van der Waals surface area contributed by atoms with Crippen molar-refractivity contribution in [1.82, 2.24) is 10.6 Å². The fraction of sp³-hybridized carbons (Fsp3) is 0.517. The van der Waals surface area contributed by atoms with Crippen LogP contribution in [0.4, 0.5) is 0 Å². The molecule has 0 aromatic heterocycles. The van der Waals surface area contributed by atoms with Crippen LogP contribution in [0.15, 0.2) is 54.6 Å². The highest BCUT2D eigenvalue weighted by Gasteiger charge is 2.54. The van der Waals surface area contributed by atoms with Crippen LogP contribution in [-0.4, -0.2) is 24.4 Å². The first-order chi connectivity index (χ1) is 16.5. The van der Waals surface area contributed by atoms with Crippen molar-refractivity contribution in [3.8, 4) is 0 Å². The van der Waals surface area contributed by atoms with Crippen LogP contribution in [0.25, 0.3) is 0 Å². The summed E-state index contributed by atoms with van der Waals surface area (Å²) < 4.78 is 0. The molecule has 4 fully saturated rings. The lowest BCUT2D eigenvalue weighted by Gasteiger charge is -2.55. The Bertz CT molecular complexity index is 969.